The minimum atomic E-state index is -5.23. The molecule has 0 saturated carbocycles. The summed E-state index contributed by atoms with van der Waals surface area (Å²) >= 11 is 2.69. The molecule has 0 aliphatic heterocycles. The average molecular weight is 345 g/mol. The van der Waals surface area contributed by atoms with E-state index >= 15 is 0 Å². The highest BCUT2D eigenvalue weighted by molar-refractivity contribution is 9.10. The molecular weight excluding hydrogens is 340 g/mol. The van der Waals surface area contributed by atoms with Gasteiger partial charge in [-0.25, -0.2) is 4.39 Å². The monoisotopic (exact) mass is 344 g/mol. The molecule has 0 atom stereocenters. The van der Waals surface area contributed by atoms with Crippen molar-refractivity contribution in [2.24, 2.45) is 0 Å². The van der Waals surface area contributed by atoms with Gasteiger partial charge in [-0.3, -0.25) is 14.9 Å². The second-order valence-corrected chi connectivity index (χ2v) is 4.25. The third-order valence-corrected chi connectivity index (χ3v) is 2.70. The smallest absolute Gasteiger partial charge is 0.312 e. The van der Waals surface area contributed by atoms with Crippen LogP contribution in [0.2, 0.25) is 0 Å². The lowest BCUT2D eigenvalue weighted by Gasteiger charge is -2.12. The number of nitrogens with zero attached hydrogens (tertiary/aromatic N) is 1. The van der Waals surface area contributed by atoms with Crippen molar-refractivity contribution in [2.45, 2.75) is 13.1 Å². The predicted octanol–water partition coefficient (Wildman–Crippen LogP) is 3.31. The number of carbonyl (C=O) groups excluding carboxylic acids is 1. The van der Waals surface area contributed by atoms with Crippen LogP contribution in [-0.2, 0) is 4.79 Å². The Bertz CT molecular complexity index is 559. The average Bonchev–Trinajstić information content (AvgIpc) is 2.27. The second-order valence-electron chi connectivity index (χ2n) is 3.40. The van der Waals surface area contributed by atoms with E-state index in [9.17, 15) is 32.5 Å². The Hall–Kier alpha value is -1.71. The number of anilines is 1. The Morgan fingerprint density at radius 1 is 1.47 bits per heavy atom. The van der Waals surface area contributed by atoms with Gasteiger partial charge in [0.25, 0.3) is 5.69 Å². The Kier molecular flexibility index (Phi) is 4.13. The number of nitro groups is 1. The molecule has 0 aromatic heterocycles. The Labute approximate surface area is 111 Å². The van der Waals surface area contributed by atoms with E-state index < -0.39 is 39.8 Å². The summed E-state index contributed by atoms with van der Waals surface area (Å²) in [4.78, 5) is 20.4. The molecular formula is C9H5BrF4N2O3. The summed E-state index contributed by atoms with van der Waals surface area (Å²) in [7, 11) is 0. The van der Waals surface area contributed by atoms with E-state index in [0.29, 0.717) is 6.07 Å². The van der Waals surface area contributed by atoms with Gasteiger partial charge in [0.15, 0.2) is 0 Å². The molecule has 19 heavy (non-hydrogen) atoms. The van der Waals surface area contributed by atoms with E-state index in [-0.39, 0.29) is 4.47 Å². The van der Waals surface area contributed by atoms with Crippen molar-refractivity contribution < 1.29 is 27.3 Å². The first kappa shape index (κ1) is 15.3. The molecule has 0 spiro atoms. The topological polar surface area (TPSA) is 72.2 Å². The quantitative estimate of drug-likeness (QED) is 0.508. The van der Waals surface area contributed by atoms with Crippen LogP contribution < -0.4 is 5.32 Å². The summed E-state index contributed by atoms with van der Waals surface area (Å²) in [5, 5.41) is 12.0. The predicted molar refractivity (Wildman–Crippen MR) is 60.2 cm³/mol. The summed E-state index contributed by atoms with van der Waals surface area (Å²) in [5.41, 5.74) is -2.14. The number of alkyl halides is 3. The van der Waals surface area contributed by atoms with E-state index in [1.54, 1.807) is 0 Å². The van der Waals surface area contributed by atoms with Gasteiger partial charge in [-0.05, 0) is 22.9 Å². The van der Waals surface area contributed by atoms with Gasteiger partial charge in [0, 0.05) is 11.6 Å². The maximum atomic E-state index is 13.5. The number of amides is 1. The minimum absolute atomic E-state index is 0.290. The summed E-state index contributed by atoms with van der Waals surface area (Å²) in [6.45, 7) is 1.01. The summed E-state index contributed by atoms with van der Waals surface area (Å²) < 4.78 is 49.5. The van der Waals surface area contributed by atoms with Crippen molar-refractivity contribution in [3.8, 4) is 0 Å². The number of nitrogens with one attached hydrogen (secondary N) is 1. The number of benzene rings is 1. The fraction of sp³-hybridized carbons (Fsp3) is 0.222. The normalized spacial score (nSPS) is 11.3. The van der Waals surface area contributed by atoms with Gasteiger partial charge in [-0.15, -0.1) is 0 Å². The van der Waals surface area contributed by atoms with E-state index in [0.717, 1.165) is 6.92 Å². The third kappa shape index (κ3) is 3.19. The molecule has 104 valence electrons. The number of carbonyl (C=O) groups is 1. The standard InChI is InChI=1S/C9H5BrF4N2O3/c1-3-6(11)4(10)2-5(16(18)19)7(3)15-8(17)9(12,13)14/h2H,1H3,(H,15,17). The molecule has 10 heteroatoms. The first-order valence-corrected chi connectivity index (χ1v) is 5.36. The molecule has 1 N–H and O–H groups in total. The highest BCUT2D eigenvalue weighted by Crippen LogP contribution is 2.35. The molecule has 0 radical (unpaired) electrons. The van der Waals surface area contributed by atoms with Crippen LogP contribution in [0.15, 0.2) is 10.5 Å². The third-order valence-electron chi connectivity index (χ3n) is 2.13. The molecule has 0 fully saturated rings. The summed E-state index contributed by atoms with van der Waals surface area (Å²) in [5.74, 6) is -3.41. The fourth-order valence-corrected chi connectivity index (χ4v) is 1.74. The Morgan fingerprint density at radius 2 is 2.00 bits per heavy atom. The van der Waals surface area contributed by atoms with E-state index in [1.807, 2.05) is 0 Å². The molecule has 0 bridgehead atoms. The zero-order chi connectivity index (χ0) is 15.0. The first-order chi connectivity index (χ1) is 8.55. The summed E-state index contributed by atoms with van der Waals surface area (Å²) in [6, 6.07) is 0.675. The largest absolute Gasteiger partial charge is 0.471 e. The number of nitro benzene ring substituents is 1. The molecule has 1 rings (SSSR count). The SMILES string of the molecule is Cc1c(F)c(Br)cc([N+](=O)[O-])c1NC(=O)C(F)(F)F. The van der Waals surface area contributed by atoms with Crippen LogP contribution in [0.1, 0.15) is 5.56 Å². The van der Waals surface area contributed by atoms with Crippen molar-refractivity contribution in [3.05, 3.63) is 32.0 Å². The lowest BCUT2D eigenvalue weighted by atomic mass is 10.1. The zero-order valence-electron chi connectivity index (χ0n) is 9.14. The van der Waals surface area contributed by atoms with Gasteiger partial charge in [-0.2, -0.15) is 13.2 Å². The maximum absolute atomic E-state index is 13.5. The van der Waals surface area contributed by atoms with Crippen molar-refractivity contribution in [3.63, 3.8) is 0 Å². The lowest BCUT2D eigenvalue weighted by Crippen LogP contribution is -2.30. The second kappa shape index (κ2) is 5.11. The molecule has 5 nitrogen and oxygen atoms in total. The van der Waals surface area contributed by atoms with Gasteiger partial charge in [0.1, 0.15) is 11.5 Å². The van der Waals surface area contributed by atoms with Gasteiger partial charge < -0.3 is 5.32 Å². The van der Waals surface area contributed by atoms with Gasteiger partial charge in [-0.1, -0.05) is 0 Å². The highest BCUT2D eigenvalue weighted by atomic mass is 79.9. The zero-order valence-corrected chi connectivity index (χ0v) is 10.7. The Morgan fingerprint density at radius 3 is 2.42 bits per heavy atom. The van der Waals surface area contributed by atoms with Crippen LogP contribution >= 0.6 is 15.9 Å². The van der Waals surface area contributed by atoms with Crippen LogP contribution in [0.25, 0.3) is 0 Å². The summed E-state index contributed by atoms with van der Waals surface area (Å²) in [6.07, 6.45) is -5.23. The van der Waals surface area contributed by atoms with Crippen molar-refractivity contribution in [1.82, 2.24) is 0 Å². The van der Waals surface area contributed by atoms with Crippen LogP contribution in [-0.4, -0.2) is 17.0 Å². The minimum Gasteiger partial charge on any atom is -0.312 e. The van der Waals surface area contributed by atoms with Gasteiger partial charge in [0.05, 0.1) is 9.40 Å². The number of halogens is 5. The Balaban J connectivity index is 3.37. The molecule has 1 aromatic carbocycles. The van der Waals surface area contributed by atoms with Crippen LogP contribution in [0.4, 0.5) is 28.9 Å². The van der Waals surface area contributed by atoms with Crippen molar-refractivity contribution in [1.29, 1.82) is 0 Å². The number of rotatable bonds is 2. The molecule has 0 heterocycles. The van der Waals surface area contributed by atoms with E-state index in [4.69, 9.17) is 0 Å². The van der Waals surface area contributed by atoms with Crippen LogP contribution in [0, 0.1) is 22.9 Å². The first-order valence-electron chi connectivity index (χ1n) is 4.57. The van der Waals surface area contributed by atoms with Crippen molar-refractivity contribution in [2.75, 3.05) is 5.32 Å². The lowest BCUT2D eigenvalue weighted by molar-refractivity contribution is -0.384. The van der Waals surface area contributed by atoms with Crippen LogP contribution in [0.5, 0.6) is 0 Å². The van der Waals surface area contributed by atoms with Crippen LogP contribution in [0.3, 0.4) is 0 Å². The highest BCUT2D eigenvalue weighted by Gasteiger charge is 2.40. The van der Waals surface area contributed by atoms with Gasteiger partial charge in [0.2, 0.25) is 0 Å². The molecule has 0 saturated heterocycles. The molecule has 0 unspecified atom stereocenters. The number of hydrogen-bond donors (Lipinski definition) is 1. The number of hydrogen-bond acceptors (Lipinski definition) is 3. The molecule has 0 aliphatic carbocycles. The molecule has 0 aliphatic rings. The van der Waals surface area contributed by atoms with Gasteiger partial charge >= 0.3 is 12.1 Å². The molecule has 1 amide bonds. The van der Waals surface area contributed by atoms with E-state index in [1.165, 1.54) is 5.32 Å². The fourth-order valence-electron chi connectivity index (χ4n) is 1.22. The van der Waals surface area contributed by atoms with Crippen molar-refractivity contribution >= 4 is 33.2 Å². The van der Waals surface area contributed by atoms with E-state index in [2.05, 4.69) is 15.9 Å². The maximum Gasteiger partial charge on any atom is 0.471 e. The molecule has 1 aromatic rings.